The Hall–Kier alpha value is -2.23. The minimum Gasteiger partial charge on any atom is -0.481 e. The number of benzene rings is 2. The van der Waals surface area contributed by atoms with Crippen LogP contribution >= 0.6 is 0 Å². The quantitative estimate of drug-likeness (QED) is 0.876. The Balaban J connectivity index is 2.06. The van der Waals surface area contributed by atoms with Gasteiger partial charge < -0.3 is 5.11 Å². The van der Waals surface area contributed by atoms with Crippen molar-refractivity contribution in [3.8, 4) is 0 Å². The van der Waals surface area contributed by atoms with Crippen LogP contribution in [-0.2, 0) is 4.79 Å². The molecular weight excluding hydrogens is 271 g/mol. The lowest BCUT2D eigenvalue weighted by Gasteiger charge is -2.16. The Morgan fingerprint density at radius 2 is 1.67 bits per heavy atom. The predicted molar refractivity (Wildman–Crippen MR) is 76.7 cm³/mol. The summed E-state index contributed by atoms with van der Waals surface area (Å²) in [4.78, 5) is 24.0. The van der Waals surface area contributed by atoms with Crippen molar-refractivity contribution in [2.24, 2.45) is 11.8 Å². The Morgan fingerprint density at radius 3 is 2.38 bits per heavy atom. The van der Waals surface area contributed by atoms with E-state index in [-0.39, 0.29) is 11.6 Å². The molecule has 21 heavy (non-hydrogen) atoms. The first kappa shape index (κ1) is 13.7. The summed E-state index contributed by atoms with van der Waals surface area (Å²) in [6.45, 7) is 0. The number of ketones is 1. The summed E-state index contributed by atoms with van der Waals surface area (Å²) in [7, 11) is 0. The van der Waals surface area contributed by atoms with E-state index in [0.29, 0.717) is 29.2 Å². The van der Waals surface area contributed by atoms with E-state index >= 15 is 0 Å². The molecule has 2 atom stereocenters. The van der Waals surface area contributed by atoms with Gasteiger partial charge >= 0.3 is 5.97 Å². The number of aliphatic carboxylic acids is 1. The number of hydrogen-bond donors (Lipinski definition) is 1. The van der Waals surface area contributed by atoms with E-state index in [2.05, 4.69) is 0 Å². The molecule has 0 bridgehead atoms. The summed E-state index contributed by atoms with van der Waals surface area (Å²) in [6.07, 6.45) is 1.86. The predicted octanol–water partition coefficient (Wildman–Crippen LogP) is 3.66. The molecule has 4 heteroatoms. The van der Waals surface area contributed by atoms with Crippen molar-refractivity contribution in [3.63, 3.8) is 0 Å². The molecule has 1 aliphatic rings. The summed E-state index contributed by atoms with van der Waals surface area (Å²) in [5, 5.41) is 10.2. The van der Waals surface area contributed by atoms with Crippen molar-refractivity contribution in [1.29, 1.82) is 0 Å². The van der Waals surface area contributed by atoms with Crippen LogP contribution in [0.4, 0.5) is 4.39 Å². The molecule has 2 aromatic carbocycles. The highest BCUT2D eigenvalue weighted by molar-refractivity contribution is 6.10. The molecule has 2 aromatic rings. The van der Waals surface area contributed by atoms with Crippen molar-refractivity contribution < 1.29 is 19.1 Å². The van der Waals surface area contributed by atoms with Gasteiger partial charge in [0.15, 0.2) is 5.78 Å². The van der Waals surface area contributed by atoms with E-state index < -0.39 is 17.8 Å². The standard InChI is InChI=1S/C17H15FO3/c18-15-9-8-13(10-4-1-2-5-11(10)15)16(19)12-6-3-7-14(12)17(20)21/h1-2,4-5,8-9,12,14H,3,6-7H2,(H,20,21). The number of fused-ring (bicyclic) bond motifs is 1. The molecule has 1 fully saturated rings. The van der Waals surface area contributed by atoms with Crippen LogP contribution in [0, 0.1) is 17.7 Å². The highest BCUT2D eigenvalue weighted by Gasteiger charge is 2.38. The Morgan fingerprint density at radius 1 is 1.00 bits per heavy atom. The maximum atomic E-state index is 13.8. The summed E-state index contributed by atoms with van der Waals surface area (Å²) >= 11 is 0. The number of carbonyl (C=O) groups excluding carboxylic acids is 1. The van der Waals surface area contributed by atoms with Gasteiger partial charge in [0, 0.05) is 16.9 Å². The number of carboxylic acids is 1. The van der Waals surface area contributed by atoms with E-state index in [0.717, 1.165) is 6.42 Å². The Labute approximate surface area is 121 Å². The lowest BCUT2D eigenvalue weighted by atomic mass is 9.86. The summed E-state index contributed by atoms with van der Waals surface area (Å²) in [6, 6.07) is 9.55. The molecule has 108 valence electrons. The van der Waals surface area contributed by atoms with Gasteiger partial charge in [-0.05, 0) is 30.4 Å². The van der Waals surface area contributed by atoms with Crippen LogP contribution in [0.1, 0.15) is 29.6 Å². The van der Waals surface area contributed by atoms with E-state index in [9.17, 15) is 19.1 Å². The average molecular weight is 286 g/mol. The second-order valence-corrected chi connectivity index (χ2v) is 5.49. The Bertz CT molecular complexity index is 723. The number of Topliss-reactive ketones (excluding diaryl/α,β-unsaturated/α-hetero) is 1. The normalized spacial score (nSPS) is 21.6. The number of rotatable bonds is 3. The molecule has 2 unspecified atom stereocenters. The summed E-state index contributed by atoms with van der Waals surface area (Å²) < 4.78 is 13.8. The summed E-state index contributed by atoms with van der Waals surface area (Å²) in [5.41, 5.74) is 0.421. The fraction of sp³-hybridized carbons (Fsp3) is 0.294. The fourth-order valence-corrected chi connectivity index (χ4v) is 3.25. The lowest BCUT2D eigenvalue weighted by molar-refractivity contribution is -0.142. The zero-order chi connectivity index (χ0) is 15.0. The number of halogens is 1. The fourth-order valence-electron chi connectivity index (χ4n) is 3.25. The molecule has 0 aliphatic heterocycles. The van der Waals surface area contributed by atoms with Crippen LogP contribution in [0.2, 0.25) is 0 Å². The number of hydrogen-bond acceptors (Lipinski definition) is 2. The van der Waals surface area contributed by atoms with Crippen molar-refractivity contribution in [3.05, 3.63) is 47.8 Å². The van der Waals surface area contributed by atoms with Gasteiger partial charge in [-0.3, -0.25) is 9.59 Å². The molecule has 1 aliphatic carbocycles. The van der Waals surface area contributed by atoms with Gasteiger partial charge in [0.25, 0.3) is 0 Å². The Kier molecular flexibility index (Phi) is 3.45. The highest BCUT2D eigenvalue weighted by atomic mass is 19.1. The number of carboxylic acid groups (broad SMARTS) is 1. The maximum absolute atomic E-state index is 13.8. The zero-order valence-electron chi connectivity index (χ0n) is 11.4. The molecule has 0 spiro atoms. The van der Waals surface area contributed by atoms with Crippen LogP contribution in [0.3, 0.4) is 0 Å². The third kappa shape index (κ3) is 2.31. The maximum Gasteiger partial charge on any atom is 0.307 e. The topological polar surface area (TPSA) is 54.4 Å². The van der Waals surface area contributed by atoms with E-state index in [1.54, 1.807) is 24.3 Å². The molecule has 0 amide bonds. The van der Waals surface area contributed by atoms with E-state index in [4.69, 9.17) is 0 Å². The van der Waals surface area contributed by atoms with Gasteiger partial charge in [0.05, 0.1) is 5.92 Å². The first-order valence-corrected chi connectivity index (χ1v) is 7.04. The van der Waals surface area contributed by atoms with Gasteiger partial charge in [0.1, 0.15) is 5.82 Å². The zero-order valence-corrected chi connectivity index (χ0v) is 11.4. The van der Waals surface area contributed by atoms with Crippen molar-refractivity contribution in [2.75, 3.05) is 0 Å². The van der Waals surface area contributed by atoms with Crippen molar-refractivity contribution in [1.82, 2.24) is 0 Å². The van der Waals surface area contributed by atoms with E-state index in [1.165, 1.54) is 12.1 Å². The van der Waals surface area contributed by atoms with E-state index in [1.807, 2.05) is 0 Å². The van der Waals surface area contributed by atoms with Crippen LogP contribution in [-0.4, -0.2) is 16.9 Å². The molecule has 1 N–H and O–H groups in total. The molecular formula is C17H15FO3. The highest BCUT2D eigenvalue weighted by Crippen LogP contribution is 2.36. The molecule has 3 rings (SSSR count). The van der Waals surface area contributed by atoms with Gasteiger partial charge in [-0.25, -0.2) is 4.39 Å². The van der Waals surface area contributed by atoms with Crippen LogP contribution in [0.15, 0.2) is 36.4 Å². The van der Waals surface area contributed by atoms with Crippen molar-refractivity contribution >= 4 is 22.5 Å². The second kappa shape index (κ2) is 5.28. The van der Waals surface area contributed by atoms with Gasteiger partial charge in [0.2, 0.25) is 0 Å². The number of carbonyl (C=O) groups is 2. The van der Waals surface area contributed by atoms with Crippen LogP contribution in [0.5, 0.6) is 0 Å². The minimum atomic E-state index is -0.919. The largest absolute Gasteiger partial charge is 0.481 e. The summed E-state index contributed by atoms with van der Waals surface area (Å²) in [5.74, 6) is -2.60. The monoisotopic (exact) mass is 286 g/mol. The average Bonchev–Trinajstić information content (AvgIpc) is 2.97. The molecule has 0 saturated heterocycles. The molecule has 0 radical (unpaired) electrons. The minimum absolute atomic E-state index is 0.184. The van der Waals surface area contributed by atoms with Gasteiger partial charge in [-0.2, -0.15) is 0 Å². The first-order chi connectivity index (χ1) is 10.1. The molecule has 3 nitrogen and oxygen atoms in total. The first-order valence-electron chi connectivity index (χ1n) is 7.04. The smallest absolute Gasteiger partial charge is 0.307 e. The molecule has 0 heterocycles. The second-order valence-electron chi connectivity index (χ2n) is 5.49. The van der Waals surface area contributed by atoms with Crippen molar-refractivity contribution in [2.45, 2.75) is 19.3 Å². The van der Waals surface area contributed by atoms with Crippen LogP contribution in [0.25, 0.3) is 10.8 Å². The molecule has 1 saturated carbocycles. The molecule has 0 aromatic heterocycles. The SMILES string of the molecule is O=C(O)C1CCCC1C(=O)c1ccc(F)c2ccccc12. The van der Waals surface area contributed by atoms with Gasteiger partial charge in [-0.1, -0.05) is 30.7 Å². The van der Waals surface area contributed by atoms with Gasteiger partial charge in [-0.15, -0.1) is 0 Å². The third-order valence-corrected chi connectivity index (χ3v) is 4.31. The van der Waals surface area contributed by atoms with Crippen LogP contribution < -0.4 is 0 Å². The lowest BCUT2D eigenvalue weighted by Crippen LogP contribution is -2.25. The third-order valence-electron chi connectivity index (χ3n) is 4.31.